The van der Waals surface area contributed by atoms with Crippen molar-refractivity contribution in [2.24, 2.45) is 9.98 Å². The number of rotatable bonds is 3. The standard InChI is InChI=1S/C31H22N6OS.Zn/c1-18(38)39-30-26-10-8-21(35-26)17-20-7-9-24(34-20)29(31-32-15-16-33-31)25-12-11-22(36-25)28(19-5-3-2-4-6-19)23-13-14-27(30)37-23;/h2-15,17,34,37H,16H2,1H3;. The molecule has 0 unspecified atom stereocenters. The van der Waals surface area contributed by atoms with Crippen molar-refractivity contribution in [3.05, 3.63) is 89.0 Å². The average molecular weight is 592 g/mol. The second-order valence-corrected chi connectivity index (χ2v) is 10.4. The van der Waals surface area contributed by atoms with Crippen LogP contribution in [0.25, 0.3) is 57.5 Å². The maximum atomic E-state index is 12.2. The van der Waals surface area contributed by atoms with E-state index < -0.39 is 0 Å². The second-order valence-electron chi connectivity index (χ2n) is 9.24. The Morgan fingerprint density at radius 1 is 0.800 bits per heavy atom. The SMILES string of the molecule is CC(=O)Sc1c2nc(cc3ccc([nH]3)c(C3=NCC=N3)c3nc(c(-c4ccccc4)c4ccc1[nH]4)C=C3)C=C2.[Zn]. The van der Waals surface area contributed by atoms with Crippen molar-refractivity contribution in [1.82, 2.24) is 19.9 Å². The van der Waals surface area contributed by atoms with E-state index in [1.165, 1.54) is 11.8 Å². The van der Waals surface area contributed by atoms with Crippen molar-refractivity contribution in [3.63, 3.8) is 0 Å². The first kappa shape index (κ1) is 26.0. The van der Waals surface area contributed by atoms with Crippen LogP contribution in [-0.2, 0) is 24.3 Å². The quantitative estimate of drug-likeness (QED) is 0.175. The van der Waals surface area contributed by atoms with Crippen molar-refractivity contribution in [2.45, 2.75) is 11.8 Å². The van der Waals surface area contributed by atoms with Crippen LogP contribution < -0.4 is 0 Å². The summed E-state index contributed by atoms with van der Waals surface area (Å²) in [5.74, 6) is 0.659. The molecule has 190 valence electrons. The number of nitrogens with one attached hydrogen (secondary N) is 2. The van der Waals surface area contributed by atoms with Crippen molar-refractivity contribution >= 4 is 75.3 Å². The fourth-order valence-electron chi connectivity index (χ4n) is 4.95. The monoisotopic (exact) mass is 590 g/mol. The van der Waals surface area contributed by atoms with Crippen molar-refractivity contribution < 1.29 is 24.3 Å². The zero-order chi connectivity index (χ0) is 26.3. The van der Waals surface area contributed by atoms with E-state index >= 15 is 0 Å². The third-order valence-corrected chi connectivity index (χ3v) is 7.52. The minimum atomic E-state index is -0.00625. The normalized spacial score (nSPS) is 13.4. The molecule has 7 rings (SSSR count). The Balaban J connectivity index is 0.00000289. The Kier molecular flexibility index (Phi) is 7.00. The van der Waals surface area contributed by atoms with Gasteiger partial charge in [0.1, 0.15) is 0 Å². The van der Waals surface area contributed by atoms with Crippen LogP contribution in [0.5, 0.6) is 0 Å². The predicted molar refractivity (Wildman–Crippen MR) is 161 cm³/mol. The summed E-state index contributed by atoms with van der Waals surface area (Å²) in [5, 5.41) is -0.00625. The van der Waals surface area contributed by atoms with Gasteiger partial charge >= 0.3 is 0 Å². The number of hydrogen-bond acceptors (Lipinski definition) is 6. The number of aliphatic imine (C=N–C) groups is 2. The average Bonchev–Trinajstić information content (AvgIpc) is 3.76. The number of benzene rings is 1. The van der Waals surface area contributed by atoms with Crippen LogP contribution in [0.15, 0.2) is 75.5 Å². The molecule has 6 heterocycles. The van der Waals surface area contributed by atoms with E-state index in [-0.39, 0.29) is 24.6 Å². The molecule has 2 N–H and O–H groups in total. The van der Waals surface area contributed by atoms with Crippen molar-refractivity contribution in [2.75, 3.05) is 6.54 Å². The molecule has 3 aromatic heterocycles. The molecule has 0 spiro atoms. The molecule has 9 heteroatoms. The summed E-state index contributed by atoms with van der Waals surface area (Å²) in [5.41, 5.74) is 9.48. The number of carbonyl (C=O) groups is 1. The van der Waals surface area contributed by atoms with Gasteiger partial charge in [0.05, 0.1) is 50.8 Å². The molecule has 0 aliphatic carbocycles. The molecule has 0 atom stereocenters. The van der Waals surface area contributed by atoms with E-state index in [9.17, 15) is 4.79 Å². The van der Waals surface area contributed by atoms with Crippen LogP contribution in [0, 0.1) is 0 Å². The molecule has 4 aromatic rings. The van der Waals surface area contributed by atoms with Gasteiger partial charge in [-0.2, -0.15) is 0 Å². The topological polar surface area (TPSA) is 99.2 Å². The summed E-state index contributed by atoms with van der Waals surface area (Å²) in [6.45, 7) is 2.12. The predicted octanol–water partition coefficient (Wildman–Crippen LogP) is 6.79. The van der Waals surface area contributed by atoms with Crippen LogP contribution in [-0.4, -0.2) is 43.6 Å². The number of carbonyl (C=O) groups excluding carboxylic acids is 1. The molecule has 0 saturated carbocycles. The molecule has 3 aliphatic heterocycles. The van der Waals surface area contributed by atoms with E-state index in [4.69, 9.17) is 9.97 Å². The van der Waals surface area contributed by atoms with Gasteiger partial charge < -0.3 is 9.97 Å². The second kappa shape index (κ2) is 10.8. The van der Waals surface area contributed by atoms with Gasteiger partial charge in [-0.05, 0) is 72.0 Å². The zero-order valence-electron chi connectivity index (χ0n) is 21.7. The Morgan fingerprint density at radius 3 is 2.30 bits per heavy atom. The third kappa shape index (κ3) is 4.83. The Labute approximate surface area is 247 Å². The molecule has 1 aromatic carbocycles. The summed E-state index contributed by atoms with van der Waals surface area (Å²) in [4.78, 5) is 39.2. The molecular formula is C31H22N6OSZn. The number of nitrogens with zero attached hydrogens (tertiary/aromatic N) is 4. The number of hydrogen-bond donors (Lipinski definition) is 2. The summed E-state index contributed by atoms with van der Waals surface area (Å²) < 4.78 is 0. The summed E-state index contributed by atoms with van der Waals surface area (Å²) >= 11 is 1.18. The molecule has 0 amide bonds. The number of thioether (sulfide) groups is 1. The van der Waals surface area contributed by atoms with Crippen LogP contribution in [0.1, 0.15) is 35.3 Å². The maximum Gasteiger partial charge on any atom is 0.190 e. The van der Waals surface area contributed by atoms with Crippen LogP contribution >= 0.6 is 11.8 Å². The first-order valence-electron chi connectivity index (χ1n) is 12.6. The van der Waals surface area contributed by atoms with E-state index in [0.717, 1.165) is 66.4 Å². The van der Waals surface area contributed by atoms with Gasteiger partial charge in [0, 0.05) is 49.2 Å². The van der Waals surface area contributed by atoms with Gasteiger partial charge in [0.25, 0.3) is 0 Å². The first-order chi connectivity index (χ1) is 19.1. The number of H-pyrrole nitrogens is 2. The molecule has 8 bridgehead atoms. The minimum Gasteiger partial charge on any atom is -0.355 e. The number of amidine groups is 1. The number of aromatic nitrogens is 4. The van der Waals surface area contributed by atoms with Gasteiger partial charge in [0.15, 0.2) is 11.0 Å². The summed E-state index contributed by atoms with van der Waals surface area (Å²) in [6, 6.07) is 20.2. The van der Waals surface area contributed by atoms with E-state index in [2.05, 4.69) is 32.1 Å². The third-order valence-electron chi connectivity index (χ3n) is 6.60. The Hall–Kier alpha value is -4.20. The smallest absolute Gasteiger partial charge is 0.190 e. The van der Waals surface area contributed by atoms with E-state index in [1.807, 2.05) is 79.0 Å². The molecule has 0 saturated heterocycles. The van der Waals surface area contributed by atoms with Gasteiger partial charge in [-0.15, -0.1) is 0 Å². The summed E-state index contributed by atoms with van der Waals surface area (Å²) in [6.07, 6.45) is 9.77. The zero-order valence-corrected chi connectivity index (χ0v) is 25.5. The number of fused-ring (bicyclic) bond motifs is 8. The maximum absolute atomic E-state index is 12.2. The fourth-order valence-corrected chi connectivity index (χ4v) is 5.68. The molecule has 0 fully saturated rings. The van der Waals surface area contributed by atoms with E-state index in [1.54, 1.807) is 6.92 Å². The Bertz CT molecular complexity index is 1950. The number of aromatic amines is 2. The van der Waals surface area contributed by atoms with Crippen LogP contribution in [0.3, 0.4) is 0 Å². The van der Waals surface area contributed by atoms with Crippen molar-refractivity contribution in [1.29, 1.82) is 0 Å². The summed E-state index contributed by atoms with van der Waals surface area (Å²) in [7, 11) is 0. The molecule has 0 radical (unpaired) electrons. The van der Waals surface area contributed by atoms with Gasteiger partial charge in [-0.1, -0.05) is 30.3 Å². The van der Waals surface area contributed by atoms with Crippen molar-refractivity contribution in [3.8, 4) is 11.1 Å². The molecule has 7 nitrogen and oxygen atoms in total. The molecule has 40 heavy (non-hydrogen) atoms. The Morgan fingerprint density at radius 2 is 1.52 bits per heavy atom. The van der Waals surface area contributed by atoms with Gasteiger partial charge in [-0.25, -0.2) is 15.0 Å². The van der Waals surface area contributed by atoms with Crippen LogP contribution in [0.4, 0.5) is 0 Å². The minimum absolute atomic E-state index is 0. The fraction of sp³-hybridized carbons (Fsp3) is 0.0645. The van der Waals surface area contributed by atoms with E-state index in [0.29, 0.717) is 12.4 Å². The first-order valence-corrected chi connectivity index (χ1v) is 13.4. The van der Waals surface area contributed by atoms with Gasteiger partial charge in [0.2, 0.25) is 0 Å². The molecule has 3 aliphatic rings. The molecular weight excluding hydrogens is 570 g/mol. The largest absolute Gasteiger partial charge is 0.355 e. The van der Waals surface area contributed by atoms with Gasteiger partial charge in [-0.3, -0.25) is 9.79 Å². The van der Waals surface area contributed by atoms with Crippen LogP contribution in [0.2, 0.25) is 0 Å².